The van der Waals surface area contributed by atoms with Crippen LogP contribution < -0.4 is 0 Å². The first-order valence-electron chi connectivity index (χ1n) is 7.42. The van der Waals surface area contributed by atoms with Crippen LogP contribution in [0, 0.1) is 0 Å². The van der Waals surface area contributed by atoms with Crippen LogP contribution in [0.25, 0.3) is 0 Å². The normalized spacial score (nSPS) is 24.8. The van der Waals surface area contributed by atoms with Gasteiger partial charge in [0.05, 0.1) is 0 Å². The topological polar surface area (TPSA) is 9.23 Å². The molecule has 0 spiro atoms. The van der Waals surface area contributed by atoms with E-state index in [1.807, 2.05) is 0 Å². The van der Waals surface area contributed by atoms with E-state index in [2.05, 4.69) is 20.8 Å². The molecular weight excluding hydrogens is 208 g/mol. The maximum atomic E-state index is 6.27. The zero-order valence-electron chi connectivity index (χ0n) is 11.6. The highest BCUT2D eigenvalue weighted by Gasteiger charge is 2.29. The van der Waals surface area contributed by atoms with Gasteiger partial charge in [0, 0.05) is 6.42 Å². The van der Waals surface area contributed by atoms with Gasteiger partial charge in [0.2, 0.25) is 0 Å². The van der Waals surface area contributed by atoms with Crippen LogP contribution >= 0.6 is 0 Å². The first kappa shape index (κ1) is 12.7. The van der Waals surface area contributed by atoms with Crippen molar-refractivity contribution in [1.29, 1.82) is 0 Å². The number of rotatable bonds is 4. The molecule has 1 aliphatic carbocycles. The summed E-state index contributed by atoms with van der Waals surface area (Å²) < 4.78 is 6.27. The van der Waals surface area contributed by atoms with Crippen LogP contribution in [0.3, 0.4) is 0 Å². The molecule has 0 radical (unpaired) electrons. The molecule has 2 aliphatic rings. The van der Waals surface area contributed by atoms with Crippen LogP contribution in [0.5, 0.6) is 0 Å². The van der Waals surface area contributed by atoms with Crippen LogP contribution in [0.15, 0.2) is 22.5 Å². The van der Waals surface area contributed by atoms with E-state index < -0.39 is 0 Å². The minimum atomic E-state index is 0.391. The third-order valence-electron chi connectivity index (χ3n) is 4.09. The molecule has 0 saturated heterocycles. The summed E-state index contributed by atoms with van der Waals surface area (Å²) in [6, 6.07) is 0. The van der Waals surface area contributed by atoms with E-state index in [-0.39, 0.29) is 0 Å². The van der Waals surface area contributed by atoms with Gasteiger partial charge in [-0.25, -0.2) is 0 Å². The zero-order valence-corrected chi connectivity index (χ0v) is 11.6. The third kappa shape index (κ3) is 2.43. The Balaban J connectivity index is 2.37. The SMILES string of the molecule is CCCC1=C(CC)C2=C(CCCC2)C(CC)O1. The molecule has 0 amide bonds. The van der Waals surface area contributed by atoms with Crippen molar-refractivity contribution in [2.75, 3.05) is 0 Å². The lowest BCUT2D eigenvalue weighted by Gasteiger charge is -2.35. The average molecular weight is 234 g/mol. The molecule has 0 N–H and O–H groups in total. The zero-order chi connectivity index (χ0) is 12.3. The van der Waals surface area contributed by atoms with E-state index in [1.54, 1.807) is 16.7 Å². The number of hydrogen-bond donors (Lipinski definition) is 0. The molecule has 1 unspecified atom stereocenters. The van der Waals surface area contributed by atoms with Crippen LogP contribution in [-0.2, 0) is 4.74 Å². The summed E-state index contributed by atoms with van der Waals surface area (Å²) in [5, 5.41) is 0. The Morgan fingerprint density at radius 3 is 2.53 bits per heavy atom. The molecule has 0 aromatic rings. The second-order valence-electron chi connectivity index (χ2n) is 5.23. The lowest BCUT2D eigenvalue weighted by Crippen LogP contribution is -2.24. The smallest absolute Gasteiger partial charge is 0.120 e. The predicted molar refractivity (Wildman–Crippen MR) is 72.9 cm³/mol. The van der Waals surface area contributed by atoms with Gasteiger partial charge in [-0.05, 0) is 61.7 Å². The van der Waals surface area contributed by atoms with Crippen LogP contribution in [0.1, 0.15) is 72.1 Å². The lowest BCUT2D eigenvalue weighted by atomic mass is 9.80. The van der Waals surface area contributed by atoms with Gasteiger partial charge in [0.1, 0.15) is 11.9 Å². The van der Waals surface area contributed by atoms with E-state index in [4.69, 9.17) is 4.74 Å². The highest BCUT2D eigenvalue weighted by atomic mass is 16.5. The Labute approximate surface area is 106 Å². The first-order valence-corrected chi connectivity index (χ1v) is 7.42. The monoisotopic (exact) mass is 234 g/mol. The standard InChI is InChI=1S/C16H26O/c1-4-9-16-12(5-2)13-10-7-8-11-14(13)15(6-3)17-16/h15H,4-11H2,1-3H3. The van der Waals surface area contributed by atoms with Gasteiger partial charge in [0.15, 0.2) is 0 Å². The van der Waals surface area contributed by atoms with Gasteiger partial charge in [-0.15, -0.1) is 0 Å². The molecule has 1 heterocycles. The number of ether oxygens (including phenoxy) is 1. The van der Waals surface area contributed by atoms with Gasteiger partial charge >= 0.3 is 0 Å². The van der Waals surface area contributed by atoms with E-state index in [1.165, 1.54) is 37.9 Å². The Kier molecular flexibility index (Phi) is 4.31. The number of allylic oxidation sites excluding steroid dienone is 3. The highest BCUT2D eigenvalue weighted by molar-refractivity contribution is 5.42. The maximum absolute atomic E-state index is 6.27. The molecular formula is C16H26O. The summed E-state index contributed by atoms with van der Waals surface area (Å²) in [5.41, 5.74) is 4.86. The van der Waals surface area contributed by atoms with Crippen molar-refractivity contribution in [3.05, 3.63) is 22.5 Å². The fraction of sp³-hybridized carbons (Fsp3) is 0.750. The minimum Gasteiger partial charge on any atom is -0.490 e. The van der Waals surface area contributed by atoms with Gasteiger partial charge in [-0.3, -0.25) is 0 Å². The van der Waals surface area contributed by atoms with Crippen molar-refractivity contribution < 1.29 is 4.74 Å². The molecule has 1 heteroatoms. The Bertz CT molecular complexity index is 335. The molecule has 1 atom stereocenters. The second kappa shape index (κ2) is 5.75. The fourth-order valence-corrected chi connectivity index (χ4v) is 3.29. The van der Waals surface area contributed by atoms with Gasteiger partial charge in [-0.2, -0.15) is 0 Å². The van der Waals surface area contributed by atoms with E-state index in [0.717, 1.165) is 19.3 Å². The van der Waals surface area contributed by atoms with E-state index in [9.17, 15) is 0 Å². The Hall–Kier alpha value is -0.720. The average Bonchev–Trinajstić information content (AvgIpc) is 2.38. The first-order chi connectivity index (χ1) is 8.31. The second-order valence-corrected chi connectivity index (χ2v) is 5.23. The van der Waals surface area contributed by atoms with Crippen LogP contribution in [0.4, 0.5) is 0 Å². The molecule has 1 nitrogen and oxygen atoms in total. The molecule has 0 fully saturated rings. The van der Waals surface area contributed by atoms with Crippen LogP contribution in [-0.4, -0.2) is 6.10 Å². The summed E-state index contributed by atoms with van der Waals surface area (Å²) in [5.74, 6) is 1.31. The molecule has 17 heavy (non-hydrogen) atoms. The molecule has 0 aromatic heterocycles. The summed E-state index contributed by atoms with van der Waals surface area (Å²) in [6.45, 7) is 6.78. The largest absolute Gasteiger partial charge is 0.490 e. The minimum absolute atomic E-state index is 0.391. The van der Waals surface area contributed by atoms with Crippen molar-refractivity contribution in [3.63, 3.8) is 0 Å². The molecule has 0 aromatic carbocycles. The van der Waals surface area contributed by atoms with Crippen molar-refractivity contribution in [1.82, 2.24) is 0 Å². The van der Waals surface area contributed by atoms with Gasteiger partial charge in [-0.1, -0.05) is 20.8 Å². The van der Waals surface area contributed by atoms with E-state index >= 15 is 0 Å². The van der Waals surface area contributed by atoms with Crippen molar-refractivity contribution in [2.24, 2.45) is 0 Å². The molecule has 0 saturated carbocycles. The van der Waals surface area contributed by atoms with Gasteiger partial charge < -0.3 is 4.74 Å². The summed E-state index contributed by atoms with van der Waals surface area (Å²) in [7, 11) is 0. The quantitative estimate of drug-likeness (QED) is 0.655. The highest BCUT2D eigenvalue weighted by Crippen LogP contribution is 2.41. The summed E-state index contributed by atoms with van der Waals surface area (Å²) in [6.07, 6.45) is 10.3. The molecule has 2 rings (SSSR count). The Morgan fingerprint density at radius 2 is 1.88 bits per heavy atom. The van der Waals surface area contributed by atoms with Crippen molar-refractivity contribution in [2.45, 2.75) is 78.2 Å². The third-order valence-corrected chi connectivity index (χ3v) is 4.09. The van der Waals surface area contributed by atoms with Crippen LogP contribution in [0.2, 0.25) is 0 Å². The fourth-order valence-electron chi connectivity index (χ4n) is 3.29. The predicted octanol–water partition coefficient (Wildman–Crippen LogP) is 5.13. The van der Waals surface area contributed by atoms with Crippen molar-refractivity contribution >= 4 is 0 Å². The number of hydrogen-bond acceptors (Lipinski definition) is 1. The Morgan fingerprint density at radius 1 is 1.12 bits per heavy atom. The molecule has 0 bridgehead atoms. The summed E-state index contributed by atoms with van der Waals surface area (Å²) in [4.78, 5) is 0. The van der Waals surface area contributed by atoms with E-state index in [0.29, 0.717) is 6.10 Å². The van der Waals surface area contributed by atoms with Gasteiger partial charge in [0.25, 0.3) is 0 Å². The maximum Gasteiger partial charge on any atom is 0.120 e. The molecule has 1 aliphatic heterocycles. The molecule has 96 valence electrons. The summed E-state index contributed by atoms with van der Waals surface area (Å²) >= 11 is 0. The van der Waals surface area contributed by atoms with Crippen molar-refractivity contribution in [3.8, 4) is 0 Å². The lowest BCUT2D eigenvalue weighted by molar-refractivity contribution is 0.118.